The molecule has 0 amide bonds. The van der Waals surface area contributed by atoms with Crippen LogP contribution in [0.5, 0.6) is 0 Å². The number of anilines is 2. The van der Waals surface area contributed by atoms with Crippen molar-refractivity contribution in [1.29, 1.82) is 5.26 Å². The van der Waals surface area contributed by atoms with Gasteiger partial charge in [0.25, 0.3) is 0 Å². The quantitative estimate of drug-likeness (QED) is 0.698. The lowest BCUT2D eigenvalue weighted by Crippen LogP contribution is -2.47. The monoisotopic (exact) mass is 378 g/mol. The number of aryl methyl sites for hydroxylation is 1. The van der Waals surface area contributed by atoms with Gasteiger partial charge in [0.05, 0.1) is 5.69 Å². The Bertz CT molecular complexity index is 980. The van der Waals surface area contributed by atoms with Gasteiger partial charge in [0.2, 0.25) is 5.69 Å². The van der Waals surface area contributed by atoms with Crippen LogP contribution >= 0.6 is 11.6 Å². The van der Waals surface area contributed by atoms with Gasteiger partial charge in [0.1, 0.15) is 6.07 Å². The Hall–Kier alpha value is -3.04. The first kappa shape index (κ1) is 17.4. The van der Waals surface area contributed by atoms with E-state index >= 15 is 0 Å². The molecule has 2 heterocycles. The van der Waals surface area contributed by atoms with Crippen LogP contribution in [0, 0.1) is 18.3 Å². The summed E-state index contributed by atoms with van der Waals surface area (Å²) in [6, 6.07) is 18.0. The van der Waals surface area contributed by atoms with E-state index in [2.05, 4.69) is 32.1 Å². The fourth-order valence-corrected chi connectivity index (χ4v) is 3.41. The average molecular weight is 379 g/mol. The third kappa shape index (κ3) is 3.60. The van der Waals surface area contributed by atoms with Gasteiger partial charge in [-0.2, -0.15) is 5.26 Å². The van der Waals surface area contributed by atoms with E-state index in [1.165, 1.54) is 10.4 Å². The minimum atomic E-state index is 0.354. The van der Waals surface area contributed by atoms with Crippen molar-refractivity contribution in [2.24, 2.45) is 0 Å². The highest BCUT2D eigenvalue weighted by molar-refractivity contribution is 6.30. The van der Waals surface area contributed by atoms with Crippen LogP contribution in [0.25, 0.3) is 5.69 Å². The van der Waals surface area contributed by atoms with Crippen molar-refractivity contribution in [2.75, 3.05) is 36.0 Å². The number of piperazine rings is 1. The Kier molecular flexibility index (Phi) is 4.69. The van der Waals surface area contributed by atoms with Crippen LogP contribution in [0.15, 0.2) is 48.5 Å². The summed E-state index contributed by atoms with van der Waals surface area (Å²) >= 11 is 6.10. The number of nitriles is 1. The van der Waals surface area contributed by atoms with Gasteiger partial charge < -0.3 is 9.80 Å². The second kappa shape index (κ2) is 7.29. The smallest absolute Gasteiger partial charge is 0.207 e. The van der Waals surface area contributed by atoms with Crippen molar-refractivity contribution in [2.45, 2.75) is 6.92 Å². The molecule has 0 radical (unpaired) electrons. The lowest BCUT2D eigenvalue weighted by molar-refractivity contribution is 0.641. The number of hydrogen-bond donors (Lipinski definition) is 0. The molecule has 1 fully saturated rings. The summed E-state index contributed by atoms with van der Waals surface area (Å²) in [5, 5.41) is 19.2. The van der Waals surface area contributed by atoms with Crippen LogP contribution in [0.1, 0.15) is 11.3 Å². The molecule has 1 saturated heterocycles. The van der Waals surface area contributed by atoms with E-state index in [4.69, 9.17) is 11.6 Å². The molecule has 0 unspecified atom stereocenters. The van der Waals surface area contributed by atoms with Crippen LogP contribution in [-0.2, 0) is 0 Å². The molecule has 1 aromatic heterocycles. The standard InChI is InChI=1S/C20H19ClN6/c1-15-5-7-17(8-6-15)27-23-19(14-22)20(24-27)26-11-9-25(10-12-26)18-4-2-3-16(21)13-18/h2-8,13H,9-12H2,1H3. The van der Waals surface area contributed by atoms with E-state index in [0.717, 1.165) is 42.6 Å². The zero-order valence-electron chi connectivity index (χ0n) is 15.0. The molecule has 0 N–H and O–H groups in total. The van der Waals surface area contributed by atoms with Gasteiger partial charge in [-0.15, -0.1) is 15.0 Å². The summed E-state index contributed by atoms with van der Waals surface area (Å²) < 4.78 is 0. The van der Waals surface area contributed by atoms with E-state index in [0.29, 0.717) is 11.5 Å². The van der Waals surface area contributed by atoms with Gasteiger partial charge in [-0.05, 0) is 37.3 Å². The Labute approximate surface area is 163 Å². The number of aromatic nitrogens is 3. The molecular formula is C20H19ClN6. The number of benzene rings is 2. The Balaban J connectivity index is 1.53. The maximum atomic E-state index is 9.50. The highest BCUT2D eigenvalue weighted by atomic mass is 35.5. The maximum Gasteiger partial charge on any atom is 0.207 e. The lowest BCUT2D eigenvalue weighted by Gasteiger charge is -2.36. The molecule has 2 aromatic carbocycles. The normalized spacial score (nSPS) is 14.3. The molecule has 7 heteroatoms. The van der Waals surface area contributed by atoms with Crippen LogP contribution in [0.4, 0.5) is 11.5 Å². The van der Waals surface area contributed by atoms with E-state index in [9.17, 15) is 5.26 Å². The molecule has 0 spiro atoms. The highest BCUT2D eigenvalue weighted by Crippen LogP contribution is 2.24. The van der Waals surface area contributed by atoms with E-state index in [1.807, 2.05) is 49.4 Å². The van der Waals surface area contributed by atoms with Crippen molar-refractivity contribution in [3.8, 4) is 11.8 Å². The third-order valence-electron chi connectivity index (χ3n) is 4.72. The highest BCUT2D eigenvalue weighted by Gasteiger charge is 2.23. The molecule has 27 heavy (non-hydrogen) atoms. The van der Waals surface area contributed by atoms with Gasteiger partial charge >= 0.3 is 0 Å². The Morgan fingerprint density at radius 1 is 0.926 bits per heavy atom. The minimum absolute atomic E-state index is 0.354. The van der Waals surface area contributed by atoms with Gasteiger partial charge in [-0.1, -0.05) is 35.4 Å². The molecular weight excluding hydrogens is 360 g/mol. The molecule has 1 aliphatic heterocycles. The SMILES string of the molecule is Cc1ccc(-n2nc(C#N)c(N3CCN(c4cccc(Cl)c4)CC3)n2)cc1. The van der Waals surface area contributed by atoms with Crippen molar-refractivity contribution in [3.63, 3.8) is 0 Å². The molecule has 0 bridgehead atoms. The van der Waals surface area contributed by atoms with Crippen LogP contribution in [-0.4, -0.2) is 41.2 Å². The number of nitrogens with zero attached hydrogens (tertiary/aromatic N) is 6. The van der Waals surface area contributed by atoms with E-state index in [-0.39, 0.29) is 0 Å². The van der Waals surface area contributed by atoms with Crippen molar-refractivity contribution < 1.29 is 0 Å². The second-order valence-corrected chi connectivity index (χ2v) is 7.00. The molecule has 136 valence electrons. The molecule has 0 aliphatic carbocycles. The van der Waals surface area contributed by atoms with Crippen molar-refractivity contribution >= 4 is 23.1 Å². The Morgan fingerprint density at radius 3 is 2.30 bits per heavy atom. The van der Waals surface area contributed by atoms with Crippen molar-refractivity contribution in [3.05, 3.63) is 64.8 Å². The molecule has 0 atom stereocenters. The Morgan fingerprint density at radius 2 is 1.63 bits per heavy atom. The summed E-state index contributed by atoms with van der Waals surface area (Å²) in [6.07, 6.45) is 0. The second-order valence-electron chi connectivity index (χ2n) is 6.56. The minimum Gasteiger partial charge on any atom is -0.368 e. The first-order valence-electron chi connectivity index (χ1n) is 8.84. The predicted octanol–water partition coefficient (Wildman–Crippen LogP) is 3.43. The van der Waals surface area contributed by atoms with Crippen LogP contribution < -0.4 is 9.80 Å². The fourth-order valence-electron chi connectivity index (χ4n) is 3.23. The first-order valence-corrected chi connectivity index (χ1v) is 9.22. The summed E-state index contributed by atoms with van der Waals surface area (Å²) in [5.74, 6) is 0.642. The summed E-state index contributed by atoms with van der Waals surface area (Å²) in [4.78, 5) is 5.95. The average Bonchev–Trinajstić information content (AvgIpc) is 3.13. The first-order chi connectivity index (χ1) is 13.1. The zero-order chi connectivity index (χ0) is 18.8. The third-order valence-corrected chi connectivity index (χ3v) is 4.95. The summed E-state index contributed by atoms with van der Waals surface area (Å²) in [6.45, 7) is 5.25. The van der Waals surface area contributed by atoms with Gasteiger partial charge in [-0.3, -0.25) is 0 Å². The topological polar surface area (TPSA) is 61.0 Å². The molecule has 0 saturated carbocycles. The van der Waals surface area contributed by atoms with Crippen molar-refractivity contribution in [1.82, 2.24) is 15.0 Å². The molecule has 4 rings (SSSR count). The van der Waals surface area contributed by atoms with Gasteiger partial charge in [0, 0.05) is 36.9 Å². The largest absolute Gasteiger partial charge is 0.368 e. The number of halogens is 1. The maximum absolute atomic E-state index is 9.50. The molecule has 1 aliphatic rings. The van der Waals surface area contributed by atoms with Crippen LogP contribution in [0.2, 0.25) is 5.02 Å². The molecule has 3 aromatic rings. The molecule has 6 nitrogen and oxygen atoms in total. The van der Waals surface area contributed by atoms with Gasteiger partial charge in [-0.25, -0.2) is 0 Å². The summed E-state index contributed by atoms with van der Waals surface area (Å²) in [5.41, 5.74) is 3.49. The predicted molar refractivity (Wildman–Crippen MR) is 107 cm³/mol. The summed E-state index contributed by atoms with van der Waals surface area (Å²) in [7, 11) is 0. The lowest BCUT2D eigenvalue weighted by atomic mass is 10.2. The van der Waals surface area contributed by atoms with E-state index in [1.54, 1.807) is 0 Å². The van der Waals surface area contributed by atoms with Crippen LogP contribution in [0.3, 0.4) is 0 Å². The van der Waals surface area contributed by atoms with Gasteiger partial charge in [0.15, 0.2) is 5.82 Å². The number of rotatable bonds is 3. The fraction of sp³-hybridized carbons (Fsp3) is 0.250. The zero-order valence-corrected chi connectivity index (χ0v) is 15.8. The van der Waals surface area contributed by atoms with E-state index < -0.39 is 0 Å². The number of hydrogen-bond acceptors (Lipinski definition) is 5.